The smallest absolute Gasteiger partial charge is 0.337 e. The van der Waals surface area contributed by atoms with E-state index in [1.807, 2.05) is 11.8 Å². The predicted octanol–water partition coefficient (Wildman–Crippen LogP) is 2.14. The number of nitrogens with zero attached hydrogens (tertiary/aromatic N) is 2. The second-order valence-corrected chi connectivity index (χ2v) is 5.10. The normalized spacial score (nSPS) is 18.0. The fraction of sp³-hybridized carbons (Fsp3) is 0.533. The number of carbonyl (C=O) groups excluding carboxylic acids is 1. The molecule has 0 radical (unpaired) electrons. The zero-order chi connectivity index (χ0) is 15.9. The summed E-state index contributed by atoms with van der Waals surface area (Å²) in [5, 5.41) is 10.7. The summed E-state index contributed by atoms with van der Waals surface area (Å²) < 4.78 is 10.6. The number of hydrogen-bond acceptors (Lipinski definition) is 6. The highest BCUT2D eigenvalue weighted by Crippen LogP contribution is 2.21. The summed E-state index contributed by atoms with van der Waals surface area (Å²) in [5.74, 6) is -0.347. The van der Waals surface area contributed by atoms with Crippen LogP contribution in [-0.2, 0) is 14.3 Å². The van der Waals surface area contributed by atoms with E-state index < -0.39 is 11.0 Å². The number of hydrogen-bond donors (Lipinski definition) is 0. The van der Waals surface area contributed by atoms with E-state index in [4.69, 9.17) is 9.47 Å². The highest BCUT2D eigenvalue weighted by atomic mass is 16.6. The van der Waals surface area contributed by atoms with E-state index in [1.54, 1.807) is 12.1 Å². The van der Waals surface area contributed by atoms with Crippen molar-refractivity contribution in [1.29, 1.82) is 0 Å². The number of benzene rings is 1. The number of esters is 1. The van der Waals surface area contributed by atoms with Crippen LogP contribution in [0.15, 0.2) is 24.3 Å². The van der Waals surface area contributed by atoms with Crippen LogP contribution in [0, 0.1) is 10.1 Å². The first-order chi connectivity index (χ1) is 10.6. The van der Waals surface area contributed by atoms with Crippen molar-refractivity contribution in [2.24, 2.45) is 0 Å². The molecular weight excluding hydrogens is 288 g/mol. The van der Waals surface area contributed by atoms with Crippen LogP contribution in [0.5, 0.6) is 0 Å². The molecule has 22 heavy (non-hydrogen) atoms. The van der Waals surface area contributed by atoms with E-state index in [-0.39, 0.29) is 11.7 Å². The van der Waals surface area contributed by atoms with Gasteiger partial charge in [0.05, 0.1) is 24.7 Å². The Hall–Kier alpha value is -2.15. The van der Waals surface area contributed by atoms with Crippen molar-refractivity contribution < 1.29 is 19.2 Å². The van der Waals surface area contributed by atoms with Gasteiger partial charge in [0.1, 0.15) is 0 Å². The SMILES string of the molecule is CCCCOC(=O)C1CN(c2ccc([N+](=O)[O-])cc2)CCO1. The number of unbranched alkanes of at least 4 members (excludes halogenated alkanes) is 1. The molecule has 120 valence electrons. The number of rotatable bonds is 6. The van der Waals surface area contributed by atoms with Gasteiger partial charge in [-0.05, 0) is 18.6 Å². The van der Waals surface area contributed by atoms with Gasteiger partial charge in [0.15, 0.2) is 6.10 Å². The summed E-state index contributed by atoms with van der Waals surface area (Å²) in [6.45, 7) is 3.89. The van der Waals surface area contributed by atoms with Crippen molar-refractivity contribution in [2.75, 3.05) is 31.2 Å². The molecule has 7 heteroatoms. The van der Waals surface area contributed by atoms with E-state index in [1.165, 1.54) is 12.1 Å². The van der Waals surface area contributed by atoms with Gasteiger partial charge in [-0.2, -0.15) is 0 Å². The standard InChI is InChI=1S/C15H20N2O5/c1-2-3-9-22-15(18)14-11-16(8-10-21-14)12-4-6-13(7-5-12)17(19)20/h4-7,14H,2-3,8-11H2,1H3. The molecular formula is C15H20N2O5. The largest absolute Gasteiger partial charge is 0.464 e. The first kappa shape index (κ1) is 16.2. The molecule has 1 aliphatic rings. The molecule has 7 nitrogen and oxygen atoms in total. The second kappa shape index (κ2) is 7.74. The van der Waals surface area contributed by atoms with Crippen molar-refractivity contribution >= 4 is 17.3 Å². The molecule has 0 bridgehead atoms. The van der Waals surface area contributed by atoms with Gasteiger partial charge in [-0.15, -0.1) is 0 Å². The predicted molar refractivity (Wildman–Crippen MR) is 80.9 cm³/mol. The van der Waals surface area contributed by atoms with Gasteiger partial charge in [0.2, 0.25) is 0 Å². The topological polar surface area (TPSA) is 81.9 Å². The Balaban J connectivity index is 1.95. The van der Waals surface area contributed by atoms with Gasteiger partial charge in [-0.3, -0.25) is 10.1 Å². The van der Waals surface area contributed by atoms with Crippen molar-refractivity contribution in [2.45, 2.75) is 25.9 Å². The molecule has 1 aliphatic heterocycles. The van der Waals surface area contributed by atoms with Crippen LogP contribution in [0.2, 0.25) is 0 Å². The number of ether oxygens (including phenoxy) is 2. The third-order valence-electron chi connectivity index (χ3n) is 3.50. The molecule has 1 heterocycles. The number of nitro groups is 1. The van der Waals surface area contributed by atoms with Crippen LogP contribution in [0.4, 0.5) is 11.4 Å². The van der Waals surface area contributed by atoms with E-state index in [9.17, 15) is 14.9 Å². The molecule has 1 unspecified atom stereocenters. The van der Waals surface area contributed by atoms with E-state index in [0.717, 1.165) is 18.5 Å². The molecule has 0 amide bonds. The van der Waals surface area contributed by atoms with E-state index in [0.29, 0.717) is 26.3 Å². The van der Waals surface area contributed by atoms with E-state index in [2.05, 4.69) is 0 Å². The monoisotopic (exact) mass is 308 g/mol. The molecule has 0 spiro atoms. The van der Waals surface area contributed by atoms with Crippen LogP contribution < -0.4 is 4.90 Å². The summed E-state index contributed by atoms with van der Waals surface area (Å²) in [5.41, 5.74) is 0.882. The lowest BCUT2D eigenvalue weighted by molar-refractivity contribution is -0.384. The quantitative estimate of drug-likeness (QED) is 0.346. The van der Waals surface area contributed by atoms with Gasteiger partial charge in [-0.25, -0.2) is 4.79 Å². The fourth-order valence-electron chi connectivity index (χ4n) is 2.22. The molecule has 1 atom stereocenters. The Labute approximate surface area is 129 Å². The Morgan fingerprint density at radius 1 is 1.45 bits per heavy atom. The zero-order valence-corrected chi connectivity index (χ0v) is 12.6. The summed E-state index contributed by atoms with van der Waals surface area (Å²) in [4.78, 5) is 24.1. The average Bonchev–Trinajstić information content (AvgIpc) is 2.55. The third-order valence-corrected chi connectivity index (χ3v) is 3.50. The van der Waals surface area contributed by atoms with Gasteiger partial charge in [0, 0.05) is 24.4 Å². The first-order valence-corrected chi connectivity index (χ1v) is 7.39. The van der Waals surface area contributed by atoms with E-state index >= 15 is 0 Å². The van der Waals surface area contributed by atoms with Crippen molar-refractivity contribution in [3.05, 3.63) is 34.4 Å². The Bertz CT molecular complexity index is 517. The highest BCUT2D eigenvalue weighted by molar-refractivity contribution is 5.76. The number of anilines is 1. The molecule has 2 rings (SSSR count). The first-order valence-electron chi connectivity index (χ1n) is 7.39. The summed E-state index contributed by atoms with van der Waals surface area (Å²) >= 11 is 0. The number of carbonyl (C=O) groups is 1. The number of nitro benzene ring substituents is 1. The Morgan fingerprint density at radius 3 is 2.82 bits per heavy atom. The van der Waals surface area contributed by atoms with Crippen LogP contribution in [0.3, 0.4) is 0 Å². The molecule has 1 fully saturated rings. The van der Waals surface area contributed by atoms with Crippen LogP contribution in [-0.4, -0.2) is 43.3 Å². The van der Waals surface area contributed by atoms with Crippen LogP contribution in [0.25, 0.3) is 0 Å². The lowest BCUT2D eigenvalue weighted by atomic mass is 10.2. The van der Waals surface area contributed by atoms with Gasteiger partial charge >= 0.3 is 5.97 Å². The second-order valence-electron chi connectivity index (χ2n) is 5.10. The molecule has 0 aromatic heterocycles. The summed E-state index contributed by atoms with van der Waals surface area (Å²) in [6, 6.07) is 6.28. The molecule has 1 aromatic carbocycles. The maximum Gasteiger partial charge on any atom is 0.337 e. The van der Waals surface area contributed by atoms with Crippen LogP contribution in [0.1, 0.15) is 19.8 Å². The molecule has 1 aromatic rings. The number of morpholine rings is 1. The maximum atomic E-state index is 11.9. The Morgan fingerprint density at radius 2 is 2.18 bits per heavy atom. The van der Waals surface area contributed by atoms with Crippen molar-refractivity contribution in [3.8, 4) is 0 Å². The molecule has 0 aliphatic carbocycles. The third kappa shape index (κ3) is 4.17. The van der Waals surface area contributed by atoms with Crippen molar-refractivity contribution in [3.63, 3.8) is 0 Å². The van der Waals surface area contributed by atoms with Crippen LogP contribution >= 0.6 is 0 Å². The highest BCUT2D eigenvalue weighted by Gasteiger charge is 2.28. The Kier molecular flexibility index (Phi) is 5.71. The lowest BCUT2D eigenvalue weighted by Crippen LogP contribution is -2.46. The minimum atomic E-state index is -0.610. The number of non-ortho nitro benzene ring substituents is 1. The fourth-order valence-corrected chi connectivity index (χ4v) is 2.22. The zero-order valence-electron chi connectivity index (χ0n) is 12.6. The summed E-state index contributed by atoms with van der Waals surface area (Å²) in [6.07, 6.45) is 1.19. The van der Waals surface area contributed by atoms with Gasteiger partial charge in [-0.1, -0.05) is 13.3 Å². The minimum Gasteiger partial charge on any atom is -0.464 e. The molecule has 0 saturated carbocycles. The van der Waals surface area contributed by atoms with Crippen molar-refractivity contribution in [1.82, 2.24) is 0 Å². The average molecular weight is 308 g/mol. The maximum absolute atomic E-state index is 11.9. The van der Waals surface area contributed by atoms with Gasteiger partial charge in [0.25, 0.3) is 5.69 Å². The lowest BCUT2D eigenvalue weighted by Gasteiger charge is -2.33. The molecule has 0 N–H and O–H groups in total. The van der Waals surface area contributed by atoms with Gasteiger partial charge < -0.3 is 14.4 Å². The molecule has 1 saturated heterocycles. The summed E-state index contributed by atoms with van der Waals surface area (Å²) in [7, 11) is 0. The minimum absolute atomic E-state index is 0.0486.